The van der Waals surface area contributed by atoms with E-state index in [1.54, 1.807) is 20.8 Å². The first-order chi connectivity index (χ1) is 7.24. The van der Waals surface area contributed by atoms with Gasteiger partial charge in [-0.2, -0.15) is 0 Å². The first-order valence-corrected chi connectivity index (χ1v) is 5.05. The fourth-order valence-corrected chi connectivity index (χ4v) is 0.971. The number of hydrogen-bond acceptors (Lipinski definition) is 5. The number of ketones is 1. The van der Waals surface area contributed by atoms with E-state index < -0.39 is 17.5 Å². The van der Waals surface area contributed by atoms with E-state index in [4.69, 9.17) is 4.74 Å². The van der Waals surface area contributed by atoms with E-state index in [2.05, 4.69) is 4.74 Å². The lowest BCUT2D eigenvalue weighted by atomic mass is 10.1. The van der Waals surface area contributed by atoms with E-state index in [1.165, 1.54) is 7.11 Å². The zero-order valence-electron chi connectivity index (χ0n) is 10.2. The van der Waals surface area contributed by atoms with E-state index in [0.29, 0.717) is 0 Å². The van der Waals surface area contributed by atoms with Gasteiger partial charge < -0.3 is 9.47 Å². The fraction of sp³-hybridized carbons (Fsp3) is 0.727. The molecule has 5 nitrogen and oxygen atoms in total. The number of rotatable bonds is 5. The summed E-state index contributed by atoms with van der Waals surface area (Å²) in [6, 6.07) is 0. The van der Waals surface area contributed by atoms with Crippen LogP contribution in [0.4, 0.5) is 0 Å². The van der Waals surface area contributed by atoms with E-state index in [-0.39, 0.29) is 25.0 Å². The molecule has 92 valence electrons. The maximum atomic E-state index is 11.3. The second kappa shape index (κ2) is 6.25. The fourth-order valence-electron chi connectivity index (χ4n) is 0.971. The quantitative estimate of drug-likeness (QED) is 0.525. The van der Waals surface area contributed by atoms with Gasteiger partial charge in [0.2, 0.25) is 0 Å². The summed E-state index contributed by atoms with van der Waals surface area (Å²) in [5.74, 6) is -1.35. The van der Waals surface area contributed by atoms with Crippen LogP contribution in [0.1, 0.15) is 40.0 Å². The molecule has 0 fully saturated rings. The molecular formula is C11H18O5. The summed E-state index contributed by atoms with van der Waals surface area (Å²) >= 11 is 0. The van der Waals surface area contributed by atoms with Crippen molar-refractivity contribution in [3.05, 3.63) is 0 Å². The highest BCUT2D eigenvalue weighted by Crippen LogP contribution is 2.09. The van der Waals surface area contributed by atoms with Gasteiger partial charge in [0.15, 0.2) is 0 Å². The van der Waals surface area contributed by atoms with Gasteiger partial charge in [-0.25, -0.2) is 0 Å². The first kappa shape index (κ1) is 14.6. The molecular weight excluding hydrogens is 212 g/mol. The second-order valence-electron chi connectivity index (χ2n) is 4.38. The van der Waals surface area contributed by atoms with Gasteiger partial charge in [0.05, 0.1) is 13.5 Å². The topological polar surface area (TPSA) is 69.7 Å². The van der Waals surface area contributed by atoms with Crippen molar-refractivity contribution in [3.63, 3.8) is 0 Å². The molecule has 0 aromatic rings. The SMILES string of the molecule is COC(=O)CCC(=O)CC(=O)OC(C)(C)C. The van der Waals surface area contributed by atoms with E-state index in [1.807, 2.05) is 0 Å². The predicted octanol–water partition coefficient (Wildman–Crippen LogP) is 1.24. The summed E-state index contributed by atoms with van der Waals surface area (Å²) in [5, 5.41) is 0. The zero-order chi connectivity index (χ0) is 12.8. The summed E-state index contributed by atoms with van der Waals surface area (Å²) in [4.78, 5) is 33.2. The van der Waals surface area contributed by atoms with Gasteiger partial charge in [0.25, 0.3) is 0 Å². The van der Waals surface area contributed by atoms with Crippen LogP contribution in [0, 0.1) is 0 Å². The van der Waals surface area contributed by atoms with E-state index in [9.17, 15) is 14.4 Å². The largest absolute Gasteiger partial charge is 0.469 e. The third-order valence-electron chi connectivity index (χ3n) is 1.60. The van der Waals surface area contributed by atoms with E-state index in [0.717, 1.165) is 0 Å². The van der Waals surface area contributed by atoms with Gasteiger partial charge in [-0.3, -0.25) is 14.4 Å². The maximum absolute atomic E-state index is 11.3. The van der Waals surface area contributed by atoms with Gasteiger partial charge in [-0.15, -0.1) is 0 Å². The molecule has 0 aliphatic carbocycles. The molecule has 0 radical (unpaired) electrons. The average molecular weight is 230 g/mol. The minimum Gasteiger partial charge on any atom is -0.469 e. The first-order valence-electron chi connectivity index (χ1n) is 5.05. The van der Waals surface area contributed by atoms with Gasteiger partial charge >= 0.3 is 11.9 Å². The Kier molecular flexibility index (Phi) is 5.71. The molecule has 0 rings (SSSR count). The molecule has 0 heterocycles. The van der Waals surface area contributed by atoms with Crippen molar-refractivity contribution >= 4 is 17.7 Å². The van der Waals surface area contributed by atoms with Gasteiger partial charge in [-0.1, -0.05) is 0 Å². The third-order valence-corrected chi connectivity index (χ3v) is 1.60. The molecule has 0 amide bonds. The van der Waals surface area contributed by atoms with Crippen LogP contribution < -0.4 is 0 Å². The smallest absolute Gasteiger partial charge is 0.313 e. The number of methoxy groups -OCH3 is 1. The number of carbonyl (C=O) groups excluding carboxylic acids is 3. The summed E-state index contributed by atoms with van der Waals surface area (Å²) in [6.07, 6.45) is -0.293. The van der Waals surface area contributed by atoms with Crippen LogP contribution in [0.25, 0.3) is 0 Å². The van der Waals surface area contributed by atoms with Gasteiger partial charge in [0, 0.05) is 6.42 Å². The van der Waals surface area contributed by atoms with Gasteiger partial charge in [-0.05, 0) is 20.8 Å². The lowest BCUT2D eigenvalue weighted by Crippen LogP contribution is -2.25. The molecule has 16 heavy (non-hydrogen) atoms. The van der Waals surface area contributed by atoms with Crippen LogP contribution in [0.5, 0.6) is 0 Å². The average Bonchev–Trinajstić information content (AvgIpc) is 2.10. The minimum absolute atomic E-state index is 0.00185. The van der Waals surface area contributed by atoms with Crippen LogP contribution in [-0.2, 0) is 23.9 Å². The Balaban J connectivity index is 3.88. The molecule has 0 atom stereocenters. The maximum Gasteiger partial charge on any atom is 0.313 e. The Morgan fingerprint density at radius 2 is 1.56 bits per heavy atom. The number of Topliss-reactive ketones (excluding diaryl/α,β-unsaturated/α-hetero) is 1. The van der Waals surface area contributed by atoms with Crippen molar-refractivity contribution in [1.29, 1.82) is 0 Å². The Labute approximate surface area is 95.1 Å². The van der Waals surface area contributed by atoms with Crippen molar-refractivity contribution in [3.8, 4) is 0 Å². The molecule has 0 saturated carbocycles. The molecule has 0 aliphatic rings. The zero-order valence-corrected chi connectivity index (χ0v) is 10.2. The summed E-state index contributed by atoms with van der Waals surface area (Å²) in [5.41, 5.74) is -0.598. The molecule has 0 saturated heterocycles. The highest BCUT2D eigenvalue weighted by Gasteiger charge is 2.19. The number of ether oxygens (including phenoxy) is 2. The van der Waals surface area contributed by atoms with Crippen molar-refractivity contribution < 1.29 is 23.9 Å². The van der Waals surface area contributed by atoms with Crippen molar-refractivity contribution in [2.75, 3.05) is 7.11 Å². The van der Waals surface area contributed by atoms with Crippen LogP contribution in [0.15, 0.2) is 0 Å². The minimum atomic E-state index is -0.598. The molecule has 0 aromatic carbocycles. The lowest BCUT2D eigenvalue weighted by molar-refractivity contribution is -0.156. The molecule has 0 bridgehead atoms. The van der Waals surface area contributed by atoms with Crippen molar-refractivity contribution in [1.82, 2.24) is 0 Å². The Morgan fingerprint density at radius 3 is 2.00 bits per heavy atom. The molecule has 0 aromatic heterocycles. The molecule has 0 aliphatic heterocycles. The molecule has 0 N–H and O–H groups in total. The Morgan fingerprint density at radius 1 is 1.00 bits per heavy atom. The van der Waals surface area contributed by atoms with Crippen molar-refractivity contribution in [2.24, 2.45) is 0 Å². The summed E-state index contributed by atoms with van der Waals surface area (Å²) in [7, 11) is 1.25. The van der Waals surface area contributed by atoms with Crippen LogP contribution in [-0.4, -0.2) is 30.4 Å². The molecule has 5 heteroatoms. The van der Waals surface area contributed by atoms with Crippen LogP contribution in [0.3, 0.4) is 0 Å². The number of hydrogen-bond donors (Lipinski definition) is 0. The summed E-state index contributed by atoms with van der Waals surface area (Å²) in [6.45, 7) is 5.18. The lowest BCUT2D eigenvalue weighted by Gasteiger charge is -2.19. The van der Waals surface area contributed by atoms with Crippen LogP contribution in [0.2, 0.25) is 0 Å². The second-order valence-corrected chi connectivity index (χ2v) is 4.38. The Bertz CT molecular complexity index is 275. The number of esters is 2. The predicted molar refractivity (Wildman–Crippen MR) is 56.7 cm³/mol. The van der Waals surface area contributed by atoms with Crippen LogP contribution >= 0.6 is 0 Å². The van der Waals surface area contributed by atoms with E-state index >= 15 is 0 Å². The highest BCUT2D eigenvalue weighted by molar-refractivity contribution is 5.96. The standard InChI is InChI=1S/C11H18O5/c1-11(2,3)16-10(14)7-8(12)5-6-9(13)15-4/h5-7H2,1-4H3. The highest BCUT2D eigenvalue weighted by atomic mass is 16.6. The monoisotopic (exact) mass is 230 g/mol. The van der Waals surface area contributed by atoms with Gasteiger partial charge in [0.1, 0.15) is 17.8 Å². The van der Waals surface area contributed by atoms with Crippen molar-refractivity contribution in [2.45, 2.75) is 45.6 Å². The third kappa shape index (κ3) is 7.96. The summed E-state index contributed by atoms with van der Waals surface area (Å²) < 4.78 is 9.34. The Hall–Kier alpha value is -1.39. The number of carbonyl (C=O) groups is 3. The molecule has 0 spiro atoms. The normalized spacial score (nSPS) is 10.8. The molecule has 0 unspecified atom stereocenters.